The molecule has 2 aromatic rings. The van der Waals surface area contributed by atoms with E-state index in [4.69, 9.17) is 5.73 Å². The molecule has 0 fully saturated rings. The van der Waals surface area contributed by atoms with Crippen LogP contribution in [0.1, 0.15) is 51.4 Å². The van der Waals surface area contributed by atoms with Crippen LogP contribution in [-0.4, -0.2) is 15.7 Å². The number of anilines is 1. The van der Waals surface area contributed by atoms with Gasteiger partial charge in [-0.25, -0.2) is 0 Å². The highest BCUT2D eigenvalue weighted by molar-refractivity contribution is 7.12. The predicted molar refractivity (Wildman–Crippen MR) is 86.7 cm³/mol. The molecule has 21 heavy (non-hydrogen) atoms. The summed E-state index contributed by atoms with van der Waals surface area (Å²) in [5.74, 6) is -0.182. The largest absolute Gasteiger partial charge is 0.395 e. The van der Waals surface area contributed by atoms with Crippen molar-refractivity contribution in [3.8, 4) is 0 Å². The number of nitrogen functional groups attached to an aromatic ring is 1. The van der Waals surface area contributed by atoms with E-state index in [0.717, 1.165) is 11.3 Å². The van der Waals surface area contributed by atoms with Crippen molar-refractivity contribution >= 4 is 22.9 Å². The lowest BCUT2D eigenvalue weighted by atomic mass is 10.1. The van der Waals surface area contributed by atoms with Crippen LogP contribution in [0.25, 0.3) is 0 Å². The summed E-state index contributed by atoms with van der Waals surface area (Å²) in [6.07, 6.45) is 0.714. The third-order valence-electron chi connectivity index (χ3n) is 3.60. The summed E-state index contributed by atoms with van der Waals surface area (Å²) < 4.78 is 1.56. The minimum Gasteiger partial charge on any atom is -0.395 e. The zero-order chi connectivity index (χ0) is 15.7. The van der Waals surface area contributed by atoms with Crippen molar-refractivity contribution in [1.82, 2.24) is 15.1 Å². The number of hydrogen-bond acceptors (Lipinski definition) is 4. The molecule has 5 nitrogen and oxygen atoms in total. The number of hydrogen-bond donors (Lipinski definition) is 2. The molecule has 0 bridgehead atoms. The molecule has 0 aliphatic rings. The van der Waals surface area contributed by atoms with Crippen molar-refractivity contribution in [1.29, 1.82) is 0 Å². The van der Waals surface area contributed by atoms with E-state index in [9.17, 15) is 4.79 Å². The average molecular weight is 306 g/mol. The fraction of sp³-hybridized carbons (Fsp3) is 0.467. The topological polar surface area (TPSA) is 72.9 Å². The predicted octanol–water partition coefficient (Wildman–Crippen LogP) is 2.73. The third kappa shape index (κ3) is 2.95. The van der Waals surface area contributed by atoms with Gasteiger partial charge in [0.1, 0.15) is 5.69 Å². The lowest BCUT2D eigenvalue weighted by Crippen LogP contribution is -2.29. The summed E-state index contributed by atoms with van der Waals surface area (Å²) in [6, 6.07) is 2.07. The Morgan fingerprint density at radius 1 is 1.52 bits per heavy atom. The van der Waals surface area contributed by atoms with Gasteiger partial charge in [0.05, 0.1) is 17.4 Å². The number of nitrogens with two attached hydrogens (primary N) is 1. The molecule has 2 heterocycles. The molecule has 0 aliphatic carbocycles. The maximum atomic E-state index is 12.5. The van der Waals surface area contributed by atoms with Gasteiger partial charge in [0.15, 0.2) is 0 Å². The zero-order valence-electron chi connectivity index (χ0n) is 13.2. The highest BCUT2D eigenvalue weighted by atomic mass is 32.1. The maximum absolute atomic E-state index is 12.5. The van der Waals surface area contributed by atoms with E-state index in [0.29, 0.717) is 17.8 Å². The molecule has 0 saturated carbocycles. The Bertz CT molecular complexity index is 672. The van der Waals surface area contributed by atoms with Crippen molar-refractivity contribution in [2.24, 2.45) is 7.05 Å². The smallest absolute Gasteiger partial charge is 0.272 e. The Morgan fingerprint density at radius 3 is 2.67 bits per heavy atom. The van der Waals surface area contributed by atoms with Gasteiger partial charge in [0.25, 0.3) is 5.91 Å². The second-order valence-electron chi connectivity index (χ2n) is 5.25. The summed E-state index contributed by atoms with van der Waals surface area (Å²) >= 11 is 1.74. The molecule has 6 heteroatoms. The number of carbonyl (C=O) groups excluding carboxylic acids is 1. The Balaban J connectivity index is 2.22. The highest BCUT2D eigenvalue weighted by Crippen LogP contribution is 2.26. The maximum Gasteiger partial charge on any atom is 0.272 e. The quantitative estimate of drug-likeness (QED) is 0.912. The highest BCUT2D eigenvalue weighted by Gasteiger charge is 2.21. The van der Waals surface area contributed by atoms with Crippen LogP contribution in [0, 0.1) is 13.8 Å². The lowest BCUT2D eigenvalue weighted by Gasteiger charge is -2.14. The van der Waals surface area contributed by atoms with E-state index in [1.54, 1.807) is 23.1 Å². The van der Waals surface area contributed by atoms with Crippen LogP contribution in [0.4, 0.5) is 5.69 Å². The van der Waals surface area contributed by atoms with Gasteiger partial charge < -0.3 is 11.1 Å². The molecule has 0 spiro atoms. The first-order valence-electron chi connectivity index (χ1n) is 7.04. The van der Waals surface area contributed by atoms with Crippen molar-refractivity contribution in [2.45, 2.75) is 40.2 Å². The standard InChI is InChI=1S/C15H22N4OS/c1-6-12-13(16)14(19(5)18-12)15(20)17-9(3)11-7-8(2)21-10(11)4/h7,9H,6,16H2,1-5H3,(H,17,20). The number of carbonyl (C=O) groups is 1. The molecule has 0 aromatic carbocycles. The molecule has 2 rings (SSSR count). The second-order valence-corrected chi connectivity index (χ2v) is 6.71. The van der Waals surface area contributed by atoms with Crippen LogP contribution < -0.4 is 11.1 Å². The molecule has 1 amide bonds. The normalized spacial score (nSPS) is 12.4. The van der Waals surface area contributed by atoms with Gasteiger partial charge in [-0.05, 0) is 38.8 Å². The molecular weight excluding hydrogens is 284 g/mol. The number of amides is 1. The fourth-order valence-corrected chi connectivity index (χ4v) is 3.57. The monoisotopic (exact) mass is 306 g/mol. The minimum atomic E-state index is -0.182. The molecule has 0 aliphatic heterocycles. The van der Waals surface area contributed by atoms with Gasteiger partial charge >= 0.3 is 0 Å². The first-order chi connectivity index (χ1) is 9.85. The molecule has 0 radical (unpaired) electrons. The number of nitrogens with one attached hydrogen (secondary N) is 1. The molecule has 2 aromatic heterocycles. The third-order valence-corrected chi connectivity index (χ3v) is 4.59. The number of aryl methyl sites for hydroxylation is 4. The first kappa shape index (κ1) is 15.6. The van der Waals surface area contributed by atoms with E-state index in [1.807, 2.05) is 13.8 Å². The van der Waals surface area contributed by atoms with Crippen LogP contribution in [0.15, 0.2) is 6.07 Å². The number of aromatic nitrogens is 2. The Morgan fingerprint density at radius 2 is 2.19 bits per heavy atom. The van der Waals surface area contributed by atoms with E-state index in [-0.39, 0.29) is 11.9 Å². The first-order valence-corrected chi connectivity index (χ1v) is 7.85. The summed E-state index contributed by atoms with van der Waals surface area (Å²) in [6.45, 7) is 8.10. The molecular formula is C15H22N4OS. The Kier molecular flexibility index (Phi) is 4.37. The van der Waals surface area contributed by atoms with Crippen LogP contribution in [0.3, 0.4) is 0 Å². The van der Waals surface area contributed by atoms with Gasteiger partial charge in [0.2, 0.25) is 0 Å². The van der Waals surface area contributed by atoms with E-state index in [2.05, 4.69) is 30.3 Å². The van der Waals surface area contributed by atoms with E-state index < -0.39 is 0 Å². The van der Waals surface area contributed by atoms with Crippen LogP contribution in [-0.2, 0) is 13.5 Å². The molecule has 114 valence electrons. The number of nitrogens with zero attached hydrogens (tertiary/aromatic N) is 2. The van der Waals surface area contributed by atoms with Gasteiger partial charge in [0, 0.05) is 16.8 Å². The number of rotatable bonds is 4. The molecule has 3 N–H and O–H groups in total. The zero-order valence-corrected chi connectivity index (χ0v) is 14.0. The molecule has 1 unspecified atom stereocenters. The van der Waals surface area contributed by atoms with Gasteiger partial charge in [-0.15, -0.1) is 11.3 Å². The van der Waals surface area contributed by atoms with Crippen LogP contribution >= 0.6 is 11.3 Å². The minimum absolute atomic E-state index is 0.0539. The van der Waals surface area contributed by atoms with Gasteiger partial charge in [-0.2, -0.15) is 5.10 Å². The average Bonchev–Trinajstić information content (AvgIpc) is 2.88. The SMILES string of the molecule is CCc1nn(C)c(C(=O)NC(C)c2cc(C)sc2C)c1N. The Hall–Kier alpha value is -1.82. The fourth-order valence-electron chi connectivity index (χ4n) is 2.55. The van der Waals surface area contributed by atoms with E-state index in [1.165, 1.54) is 9.75 Å². The molecule has 1 atom stereocenters. The second kappa shape index (κ2) is 5.89. The van der Waals surface area contributed by atoms with Crippen LogP contribution in [0.5, 0.6) is 0 Å². The summed E-state index contributed by atoms with van der Waals surface area (Å²) in [5, 5.41) is 7.30. The molecule has 0 saturated heterocycles. The van der Waals surface area contributed by atoms with Crippen molar-refractivity contribution in [3.63, 3.8) is 0 Å². The van der Waals surface area contributed by atoms with Gasteiger partial charge in [-0.3, -0.25) is 9.48 Å². The lowest BCUT2D eigenvalue weighted by molar-refractivity contribution is 0.0931. The van der Waals surface area contributed by atoms with Crippen LogP contribution in [0.2, 0.25) is 0 Å². The van der Waals surface area contributed by atoms with E-state index >= 15 is 0 Å². The summed E-state index contributed by atoms with van der Waals surface area (Å²) in [5.41, 5.74) is 8.85. The van der Waals surface area contributed by atoms with Crippen molar-refractivity contribution in [3.05, 3.63) is 32.8 Å². The Labute approximate surface area is 129 Å². The van der Waals surface area contributed by atoms with Crippen molar-refractivity contribution < 1.29 is 4.79 Å². The summed E-state index contributed by atoms with van der Waals surface area (Å²) in [7, 11) is 1.75. The summed E-state index contributed by atoms with van der Waals surface area (Å²) in [4.78, 5) is 14.9. The van der Waals surface area contributed by atoms with Gasteiger partial charge in [-0.1, -0.05) is 6.92 Å². The number of thiophene rings is 1. The van der Waals surface area contributed by atoms with Crippen molar-refractivity contribution in [2.75, 3.05) is 5.73 Å².